The normalized spacial score (nSPS) is 25.1. The fraction of sp³-hybridized carbons (Fsp3) is 0.667. The predicted octanol–water partition coefficient (Wildman–Crippen LogP) is 1.74. The van der Waals surface area contributed by atoms with E-state index < -0.39 is 0 Å². The van der Waals surface area contributed by atoms with E-state index in [1.807, 2.05) is 0 Å². The first-order valence-electron chi connectivity index (χ1n) is 5.96. The molecule has 2 rings (SSSR count). The molecule has 0 spiro atoms. The van der Waals surface area contributed by atoms with Crippen LogP contribution in [0.2, 0.25) is 0 Å². The highest BCUT2D eigenvalue weighted by molar-refractivity contribution is 5.40. The standard InChI is InChI=1S/C12H19N3O/c1-3-11-5-4-9(2)15(11)12-7-13-10(8-16)6-14-12/h6-7,9,11,16H,3-5,8H2,1-2H3. The van der Waals surface area contributed by atoms with E-state index in [0.717, 1.165) is 12.2 Å². The fourth-order valence-electron chi connectivity index (χ4n) is 2.45. The summed E-state index contributed by atoms with van der Waals surface area (Å²) in [7, 11) is 0. The zero-order valence-corrected chi connectivity index (χ0v) is 9.93. The van der Waals surface area contributed by atoms with Crippen LogP contribution >= 0.6 is 0 Å². The van der Waals surface area contributed by atoms with Crippen LogP contribution < -0.4 is 4.90 Å². The summed E-state index contributed by atoms with van der Waals surface area (Å²) >= 11 is 0. The molecular formula is C12H19N3O. The maximum absolute atomic E-state index is 8.93. The molecule has 0 saturated carbocycles. The molecule has 1 aliphatic heterocycles. The molecule has 0 radical (unpaired) electrons. The molecule has 1 N–H and O–H groups in total. The summed E-state index contributed by atoms with van der Waals surface area (Å²) < 4.78 is 0. The topological polar surface area (TPSA) is 49.2 Å². The molecule has 1 aromatic rings. The van der Waals surface area contributed by atoms with Crippen molar-refractivity contribution < 1.29 is 5.11 Å². The first-order valence-corrected chi connectivity index (χ1v) is 5.96. The number of hydrogen-bond acceptors (Lipinski definition) is 4. The molecule has 2 atom stereocenters. The number of anilines is 1. The van der Waals surface area contributed by atoms with Gasteiger partial charge < -0.3 is 10.0 Å². The van der Waals surface area contributed by atoms with E-state index in [0.29, 0.717) is 17.8 Å². The lowest BCUT2D eigenvalue weighted by Crippen LogP contribution is -2.34. The number of nitrogens with zero attached hydrogens (tertiary/aromatic N) is 3. The van der Waals surface area contributed by atoms with Crippen LogP contribution in [0.4, 0.5) is 5.82 Å². The van der Waals surface area contributed by atoms with Gasteiger partial charge in [0.25, 0.3) is 0 Å². The second-order valence-corrected chi connectivity index (χ2v) is 4.42. The molecule has 0 amide bonds. The molecular weight excluding hydrogens is 202 g/mol. The summed E-state index contributed by atoms with van der Waals surface area (Å²) in [5.74, 6) is 0.939. The summed E-state index contributed by atoms with van der Waals surface area (Å²) in [6, 6.07) is 1.13. The third-order valence-corrected chi connectivity index (χ3v) is 3.38. The monoisotopic (exact) mass is 221 g/mol. The van der Waals surface area contributed by atoms with Crippen LogP contribution in [0.5, 0.6) is 0 Å². The van der Waals surface area contributed by atoms with Crippen LogP contribution in [0, 0.1) is 0 Å². The predicted molar refractivity (Wildman–Crippen MR) is 63.2 cm³/mol. The number of aliphatic hydroxyl groups excluding tert-OH is 1. The highest BCUT2D eigenvalue weighted by Gasteiger charge is 2.30. The molecule has 0 bridgehead atoms. The van der Waals surface area contributed by atoms with Gasteiger partial charge in [-0.15, -0.1) is 0 Å². The Labute approximate surface area is 96.3 Å². The van der Waals surface area contributed by atoms with Gasteiger partial charge in [-0.1, -0.05) is 6.92 Å². The first kappa shape index (κ1) is 11.3. The van der Waals surface area contributed by atoms with E-state index in [4.69, 9.17) is 5.11 Å². The van der Waals surface area contributed by atoms with Crippen molar-refractivity contribution in [3.63, 3.8) is 0 Å². The van der Waals surface area contributed by atoms with Gasteiger partial charge in [0.15, 0.2) is 0 Å². The molecule has 0 aliphatic carbocycles. The van der Waals surface area contributed by atoms with E-state index in [1.54, 1.807) is 12.4 Å². The molecule has 1 fully saturated rings. The lowest BCUT2D eigenvalue weighted by atomic mass is 10.1. The Kier molecular flexibility index (Phi) is 3.39. The van der Waals surface area contributed by atoms with E-state index in [1.165, 1.54) is 12.8 Å². The Morgan fingerprint density at radius 3 is 2.75 bits per heavy atom. The molecule has 2 heterocycles. The third-order valence-electron chi connectivity index (χ3n) is 3.38. The van der Waals surface area contributed by atoms with Crippen LogP contribution in [0.15, 0.2) is 12.4 Å². The molecule has 2 unspecified atom stereocenters. The van der Waals surface area contributed by atoms with E-state index in [9.17, 15) is 0 Å². The van der Waals surface area contributed by atoms with Gasteiger partial charge in [0.05, 0.1) is 24.7 Å². The Morgan fingerprint density at radius 2 is 2.19 bits per heavy atom. The number of hydrogen-bond donors (Lipinski definition) is 1. The maximum Gasteiger partial charge on any atom is 0.147 e. The van der Waals surface area contributed by atoms with Gasteiger partial charge in [-0.2, -0.15) is 0 Å². The van der Waals surface area contributed by atoms with Gasteiger partial charge in [-0.3, -0.25) is 4.98 Å². The Morgan fingerprint density at radius 1 is 1.38 bits per heavy atom. The van der Waals surface area contributed by atoms with Crippen LogP contribution in [0.3, 0.4) is 0 Å². The maximum atomic E-state index is 8.93. The molecule has 16 heavy (non-hydrogen) atoms. The molecule has 1 aromatic heterocycles. The largest absolute Gasteiger partial charge is 0.390 e. The third kappa shape index (κ3) is 2.02. The van der Waals surface area contributed by atoms with Gasteiger partial charge in [-0.25, -0.2) is 4.98 Å². The first-order chi connectivity index (χ1) is 7.76. The smallest absolute Gasteiger partial charge is 0.147 e. The second-order valence-electron chi connectivity index (χ2n) is 4.42. The molecule has 0 aromatic carbocycles. The van der Waals surface area contributed by atoms with Crippen molar-refractivity contribution in [2.75, 3.05) is 4.90 Å². The zero-order chi connectivity index (χ0) is 11.5. The fourth-order valence-corrected chi connectivity index (χ4v) is 2.45. The van der Waals surface area contributed by atoms with Crippen LogP contribution in [0.1, 0.15) is 38.8 Å². The van der Waals surface area contributed by atoms with E-state index >= 15 is 0 Å². The van der Waals surface area contributed by atoms with Gasteiger partial charge in [0, 0.05) is 12.1 Å². The summed E-state index contributed by atoms with van der Waals surface area (Å²) in [5.41, 5.74) is 0.628. The lowest BCUT2D eigenvalue weighted by molar-refractivity contribution is 0.276. The van der Waals surface area contributed by atoms with Crippen molar-refractivity contribution >= 4 is 5.82 Å². The number of aliphatic hydroxyl groups is 1. The minimum Gasteiger partial charge on any atom is -0.390 e. The van der Waals surface area contributed by atoms with Gasteiger partial charge in [0.2, 0.25) is 0 Å². The average molecular weight is 221 g/mol. The summed E-state index contributed by atoms with van der Waals surface area (Å²) in [5, 5.41) is 8.93. The minimum absolute atomic E-state index is 0.0416. The van der Waals surface area contributed by atoms with Gasteiger partial charge >= 0.3 is 0 Å². The number of rotatable bonds is 3. The summed E-state index contributed by atoms with van der Waals surface area (Å²) in [6.45, 7) is 4.41. The summed E-state index contributed by atoms with van der Waals surface area (Å²) in [6.07, 6.45) is 7.04. The molecule has 4 nitrogen and oxygen atoms in total. The van der Waals surface area contributed by atoms with Crippen molar-refractivity contribution in [1.29, 1.82) is 0 Å². The molecule has 1 saturated heterocycles. The van der Waals surface area contributed by atoms with E-state index in [2.05, 4.69) is 28.7 Å². The molecule has 88 valence electrons. The van der Waals surface area contributed by atoms with Crippen molar-refractivity contribution in [2.24, 2.45) is 0 Å². The van der Waals surface area contributed by atoms with Crippen LogP contribution in [-0.4, -0.2) is 27.2 Å². The van der Waals surface area contributed by atoms with Gasteiger partial charge in [-0.05, 0) is 26.2 Å². The Hall–Kier alpha value is -1.16. The van der Waals surface area contributed by atoms with Crippen LogP contribution in [-0.2, 0) is 6.61 Å². The van der Waals surface area contributed by atoms with Crippen molar-refractivity contribution in [3.8, 4) is 0 Å². The Balaban J connectivity index is 2.21. The molecule has 1 aliphatic rings. The van der Waals surface area contributed by atoms with Crippen molar-refractivity contribution in [3.05, 3.63) is 18.1 Å². The zero-order valence-electron chi connectivity index (χ0n) is 9.93. The second kappa shape index (κ2) is 4.78. The quantitative estimate of drug-likeness (QED) is 0.844. The van der Waals surface area contributed by atoms with Crippen molar-refractivity contribution in [2.45, 2.75) is 51.8 Å². The summed E-state index contributed by atoms with van der Waals surface area (Å²) in [4.78, 5) is 10.9. The number of aromatic nitrogens is 2. The highest BCUT2D eigenvalue weighted by atomic mass is 16.3. The average Bonchev–Trinajstić information content (AvgIpc) is 2.70. The lowest BCUT2D eigenvalue weighted by Gasteiger charge is -2.28. The van der Waals surface area contributed by atoms with E-state index in [-0.39, 0.29) is 6.61 Å². The van der Waals surface area contributed by atoms with Crippen LogP contribution in [0.25, 0.3) is 0 Å². The SMILES string of the molecule is CCC1CCC(C)N1c1cnc(CO)cn1. The molecule has 4 heteroatoms. The highest BCUT2D eigenvalue weighted by Crippen LogP contribution is 2.29. The minimum atomic E-state index is -0.0416. The van der Waals surface area contributed by atoms with Crippen molar-refractivity contribution in [1.82, 2.24) is 9.97 Å². The Bertz CT molecular complexity index is 339. The van der Waals surface area contributed by atoms with Gasteiger partial charge in [0.1, 0.15) is 5.82 Å².